The number of carbonyl (C=O) groups is 2. The summed E-state index contributed by atoms with van der Waals surface area (Å²) in [5.41, 5.74) is 0.882. The molecule has 0 atom stereocenters. The Kier molecular flexibility index (Phi) is 5.49. The fraction of sp³-hybridized carbons (Fsp3) is 0.273. The number of carbonyl (C=O) groups excluding carboxylic acids is 2. The van der Waals surface area contributed by atoms with E-state index in [0.717, 1.165) is 5.56 Å². The van der Waals surface area contributed by atoms with Crippen LogP contribution in [0.25, 0.3) is 0 Å². The lowest BCUT2D eigenvalue weighted by molar-refractivity contribution is -0.113. The van der Waals surface area contributed by atoms with E-state index in [1.54, 1.807) is 19.1 Å². The second-order valence-corrected chi connectivity index (χ2v) is 6.58. The zero-order chi connectivity index (χ0) is 14.6. The molecule has 19 heavy (non-hydrogen) atoms. The van der Waals surface area contributed by atoms with E-state index in [9.17, 15) is 18.0 Å². The monoisotopic (exact) mass is 323 g/mol. The summed E-state index contributed by atoms with van der Waals surface area (Å²) in [6.07, 6.45) is 0. The van der Waals surface area contributed by atoms with Crippen molar-refractivity contribution in [2.24, 2.45) is 0 Å². The summed E-state index contributed by atoms with van der Waals surface area (Å²) in [4.78, 5) is 21.7. The average molecular weight is 324 g/mol. The lowest BCUT2D eigenvalue weighted by Gasteiger charge is -2.18. The molecule has 0 spiro atoms. The van der Waals surface area contributed by atoms with Gasteiger partial charge in [-0.05, 0) is 42.3 Å². The summed E-state index contributed by atoms with van der Waals surface area (Å²) >= 11 is 10.4. The second kappa shape index (κ2) is 6.47. The standard InChI is InChI=1S/C11H11Cl2NO4S/c1-8-2-4-9(5-3-8)19(17,18)14(6-10(12)15)7-11(13)16/h2-5H,6-7H2,1H3. The molecule has 0 aromatic heterocycles. The van der Waals surface area contributed by atoms with Crippen molar-refractivity contribution in [3.8, 4) is 0 Å². The van der Waals surface area contributed by atoms with Gasteiger partial charge >= 0.3 is 0 Å². The number of halogens is 2. The third kappa shape index (κ3) is 4.58. The first-order valence-corrected chi connectivity index (χ1v) is 7.36. The maximum atomic E-state index is 12.2. The zero-order valence-electron chi connectivity index (χ0n) is 9.97. The van der Waals surface area contributed by atoms with Crippen molar-refractivity contribution in [2.75, 3.05) is 13.1 Å². The quantitative estimate of drug-likeness (QED) is 0.744. The molecule has 0 bridgehead atoms. The van der Waals surface area contributed by atoms with E-state index in [1.165, 1.54) is 12.1 Å². The predicted molar refractivity (Wildman–Crippen MR) is 71.7 cm³/mol. The molecule has 0 aliphatic carbocycles. The Morgan fingerprint density at radius 2 is 1.47 bits per heavy atom. The minimum Gasteiger partial charge on any atom is -0.280 e. The van der Waals surface area contributed by atoms with Gasteiger partial charge in [-0.1, -0.05) is 17.7 Å². The van der Waals surface area contributed by atoms with Gasteiger partial charge in [0.15, 0.2) is 0 Å². The first kappa shape index (κ1) is 16.1. The summed E-state index contributed by atoms with van der Waals surface area (Å²) < 4.78 is 25.1. The van der Waals surface area contributed by atoms with Gasteiger partial charge in [0.05, 0.1) is 18.0 Å². The molecule has 1 aromatic carbocycles. The Bertz CT molecular complexity index is 567. The number of sulfonamides is 1. The second-order valence-electron chi connectivity index (χ2n) is 3.80. The van der Waals surface area contributed by atoms with Crippen LogP contribution in [0.3, 0.4) is 0 Å². The van der Waals surface area contributed by atoms with E-state index in [-0.39, 0.29) is 4.90 Å². The third-order valence-electron chi connectivity index (χ3n) is 2.26. The van der Waals surface area contributed by atoms with E-state index >= 15 is 0 Å². The van der Waals surface area contributed by atoms with E-state index in [2.05, 4.69) is 0 Å². The third-order valence-corrected chi connectivity index (χ3v) is 4.31. The molecule has 104 valence electrons. The van der Waals surface area contributed by atoms with Crippen LogP contribution in [0.1, 0.15) is 5.56 Å². The van der Waals surface area contributed by atoms with Crippen LogP contribution in [0.4, 0.5) is 0 Å². The summed E-state index contributed by atoms with van der Waals surface area (Å²) in [6, 6.07) is 5.98. The van der Waals surface area contributed by atoms with Crippen molar-refractivity contribution in [1.82, 2.24) is 4.31 Å². The maximum absolute atomic E-state index is 12.2. The summed E-state index contributed by atoms with van der Waals surface area (Å²) in [7, 11) is -3.99. The van der Waals surface area contributed by atoms with Gasteiger partial charge in [-0.25, -0.2) is 8.42 Å². The highest BCUT2D eigenvalue weighted by molar-refractivity contribution is 7.89. The Balaban J connectivity index is 3.14. The van der Waals surface area contributed by atoms with Crippen LogP contribution in [0, 0.1) is 6.92 Å². The Morgan fingerprint density at radius 3 is 1.84 bits per heavy atom. The van der Waals surface area contributed by atoms with E-state index in [0.29, 0.717) is 4.31 Å². The van der Waals surface area contributed by atoms with Crippen molar-refractivity contribution in [3.05, 3.63) is 29.8 Å². The highest BCUT2D eigenvalue weighted by Gasteiger charge is 2.27. The van der Waals surface area contributed by atoms with Gasteiger partial charge in [-0.15, -0.1) is 0 Å². The predicted octanol–water partition coefficient (Wildman–Crippen LogP) is 1.52. The minimum absolute atomic E-state index is 0.0334. The number of aryl methyl sites for hydroxylation is 1. The van der Waals surface area contributed by atoms with Crippen LogP contribution < -0.4 is 0 Å². The van der Waals surface area contributed by atoms with Crippen LogP contribution in [0.15, 0.2) is 29.2 Å². The molecule has 0 N–H and O–H groups in total. The van der Waals surface area contributed by atoms with Crippen LogP contribution >= 0.6 is 23.2 Å². The van der Waals surface area contributed by atoms with Gasteiger partial charge in [-0.2, -0.15) is 4.31 Å². The van der Waals surface area contributed by atoms with Gasteiger partial charge in [0, 0.05) is 0 Å². The van der Waals surface area contributed by atoms with E-state index in [1.807, 2.05) is 0 Å². The fourth-order valence-corrected chi connectivity index (χ4v) is 3.15. The lowest BCUT2D eigenvalue weighted by atomic mass is 10.2. The van der Waals surface area contributed by atoms with Crippen molar-refractivity contribution in [1.29, 1.82) is 0 Å². The molecule has 0 aliphatic heterocycles. The highest BCUT2D eigenvalue weighted by Crippen LogP contribution is 2.16. The van der Waals surface area contributed by atoms with E-state index < -0.39 is 33.6 Å². The number of rotatable bonds is 6. The number of hydrogen-bond donors (Lipinski definition) is 0. The molecule has 0 radical (unpaired) electrons. The molecule has 5 nitrogen and oxygen atoms in total. The molecule has 1 aromatic rings. The molecule has 8 heteroatoms. The Hall–Kier alpha value is -0.950. The average Bonchev–Trinajstić information content (AvgIpc) is 2.27. The molecule has 0 aliphatic rings. The van der Waals surface area contributed by atoms with Crippen molar-refractivity contribution < 1.29 is 18.0 Å². The van der Waals surface area contributed by atoms with Crippen LogP contribution in [0.5, 0.6) is 0 Å². The molecular formula is C11H11Cl2NO4S. The fourth-order valence-electron chi connectivity index (χ4n) is 1.36. The summed E-state index contributed by atoms with van der Waals surface area (Å²) in [6.45, 7) is 0.575. The molecule has 0 saturated heterocycles. The van der Waals surface area contributed by atoms with Crippen molar-refractivity contribution in [2.45, 2.75) is 11.8 Å². The minimum atomic E-state index is -3.99. The van der Waals surface area contributed by atoms with Gasteiger partial charge in [-0.3, -0.25) is 9.59 Å². The highest BCUT2D eigenvalue weighted by atomic mass is 35.5. The Morgan fingerprint density at radius 1 is 1.05 bits per heavy atom. The first-order valence-electron chi connectivity index (χ1n) is 5.17. The molecule has 0 heterocycles. The molecule has 0 amide bonds. The van der Waals surface area contributed by atoms with Crippen molar-refractivity contribution >= 4 is 43.7 Å². The number of benzene rings is 1. The lowest BCUT2D eigenvalue weighted by Crippen LogP contribution is -2.37. The molecule has 0 saturated carbocycles. The first-order chi connectivity index (χ1) is 8.73. The van der Waals surface area contributed by atoms with Gasteiger partial charge in [0.1, 0.15) is 0 Å². The van der Waals surface area contributed by atoms with E-state index in [4.69, 9.17) is 23.2 Å². The normalized spacial score (nSPS) is 11.6. The number of hydrogen-bond acceptors (Lipinski definition) is 4. The molecule has 1 rings (SSSR count). The topological polar surface area (TPSA) is 71.5 Å². The molecule has 0 fully saturated rings. The van der Waals surface area contributed by atoms with Gasteiger partial charge in [0.25, 0.3) is 0 Å². The largest absolute Gasteiger partial charge is 0.280 e. The SMILES string of the molecule is Cc1ccc(S(=O)(=O)N(CC(=O)Cl)CC(=O)Cl)cc1. The van der Waals surface area contributed by atoms with Gasteiger partial charge < -0.3 is 0 Å². The van der Waals surface area contributed by atoms with Crippen LogP contribution in [0.2, 0.25) is 0 Å². The molecular weight excluding hydrogens is 313 g/mol. The smallest absolute Gasteiger partial charge is 0.243 e. The summed E-state index contributed by atoms with van der Waals surface area (Å²) in [5, 5.41) is -1.79. The Labute approximate surface area is 121 Å². The van der Waals surface area contributed by atoms with Gasteiger partial charge in [0.2, 0.25) is 20.5 Å². The number of nitrogens with zero attached hydrogens (tertiary/aromatic N) is 1. The van der Waals surface area contributed by atoms with Crippen LogP contribution in [-0.4, -0.2) is 36.3 Å². The van der Waals surface area contributed by atoms with Crippen molar-refractivity contribution in [3.63, 3.8) is 0 Å². The molecule has 0 unspecified atom stereocenters. The zero-order valence-corrected chi connectivity index (χ0v) is 12.3. The summed E-state index contributed by atoms with van der Waals surface area (Å²) in [5.74, 6) is 0. The maximum Gasteiger partial charge on any atom is 0.243 e. The van der Waals surface area contributed by atoms with Crippen LogP contribution in [-0.2, 0) is 19.6 Å².